The zero-order valence-electron chi connectivity index (χ0n) is 4.57. The second-order valence-electron chi connectivity index (χ2n) is 1.66. The Hall–Kier alpha value is 0.0229. The van der Waals surface area contributed by atoms with Gasteiger partial charge in [0.2, 0.25) is 0 Å². The molecule has 0 unspecified atom stereocenters. The van der Waals surface area contributed by atoms with Crippen LogP contribution in [0.1, 0.15) is 6.42 Å². The number of rotatable bonds is 1. The Balaban J connectivity index is 2.52. The van der Waals surface area contributed by atoms with Crippen molar-refractivity contribution in [2.75, 3.05) is 0 Å². The second-order valence-corrected chi connectivity index (χ2v) is 4.74. The van der Waals surface area contributed by atoms with E-state index in [1.807, 2.05) is 0 Å². The first-order valence-electron chi connectivity index (χ1n) is 2.69. The van der Waals surface area contributed by atoms with Crippen molar-refractivity contribution in [1.82, 2.24) is 0 Å². The molecule has 0 aromatic heterocycles. The summed E-state index contributed by atoms with van der Waals surface area (Å²) in [5, 5.41) is 0. The molecule has 0 aromatic rings. The van der Waals surface area contributed by atoms with E-state index in [0.29, 0.717) is 0 Å². The Bertz CT molecular complexity index is 111. The van der Waals surface area contributed by atoms with Crippen LogP contribution in [0.15, 0.2) is 16.6 Å². The summed E-state index contributed by atoms with van der Waals surface area (Å²) >= 11 is -0.250. The van der Waals surface area contributed by atoms with Gasteiger partial charge in [0.05, 0.1) is 0 Å². The Morgan fingerprint density at radius 2 is 2.71 bits per heavy atom. The monoisotopic (exact) mass is 155 g/mol. The van der Waals surface area contributed by atoms with Gasteiger partial charge in [-0.2, -0.15) is 0 Å². The summed E-state index contributed by atoms with van der Waals surface area (Å²) in [6.07, 6.45) is 8.78. The van der Waals surface area contributed by atoms with E-state index >= 15 is 0 Å². The molecule has 0 saturated heterocycles. The van der Waals surface area contributed by atoms with Gasteiger partial charge in [-0.3, -0.25) is 0 Å². The molecular formula is C6H9Ge. The van der Waals surface area contributed by atoms with Gasteiger partial charge in [0.1, 0.15) is 0 Å². The fraction of sp³-hybridized carbons (Fsp3) is 0.333. The molecule has 1 rings (SSSR count). The molecule has 1 heteroatoms. The minimum absolute atomic E-state index is 0.250. The molecule has 0 fully saturated rings. The molecule has 37 valence electrons. The molecule has 7 heavy (non-hydrogen) atoms. The quantitative estimate of drug-likeness (QED) is 0.491. The van der Waals surface area contributed by atoms with Gasteiger partial charge in [0.15, 0.2) is 0 Å². The summed E-state index contributed by atoms with van der Waals surface area (Å²) in [5.74, 6) is 2.34. The fourth-order valence-electron chi connectivity index (χ4n) is 0.693. The molecule has 1 aliphatic carbocycles. The normalized spacial score (nSPS) is 19.3. The molecule has 1 aliphatic rings. The van der Waals surface area contributed by atoms with Crippen LogP contribution in [0.5, 0.6) is 0 Å². The predicted molar refractivity (Wildman–Crippen MR) is 34.9 cm³/mol. The molecule has 0 saturated carbocycles. The Morgan fingerprint density at radius 3 is 3.00 bits per heavy atom. The molecule has 0 spiro atoms. The third kappa shape index (κ3) is 1.20. The van der Waals surface area contributed by atoms with Crippen LogP contribution in [0.25, 0.3) is 0 Å². The number of hydrogen-bond acceptors (Lipinski definition) is 0. The van der Waals surface area contributed by atoms with Crippen molar-refractivity contribution in [2.45, 2.75) is 12.2 Å². The summed E-state index contributed by atoms with van der Waals surface area (Å²) in [6.45, 7) is 0. The molecule has 0 heterocycles. The van der Waals surface area contributed by atoms with E-state index in [1.54, 1.807) is 4.41 Å². The number of allylic oxidation sites excluding steroid dienone is 4. The van der Waals surface area contributed by atoms with Crippen LogP contribution in [0, 0.1) is 6.08 Å². The SMILES string of the molecule is [CH3][GeH2][C]1=[C]CC=C1. The van der Waals surface area contributed by atoms with Crippen molar-refractivity contribution >= 4 is 15.4 Å². The van der Waals surface area contributed by atoms with E-state index in [9.17, 15) is 0 Å². The van der Waals surface area contributed by atoms with Crippen molar-refractivity contribution in [3.05, 3.63) is 22.6 Å². The number of hydrogen-bond donors (Lipinski definition) is 0. The zero-order chi connectivity index (χ0) is 5.11. The standard InChI is InChI=1S/C6H9Ge/c1-7-6-4-2-3-5-6/h2,4H,3,7H2,1H3. The zero-order valence-corrected chi connectivity index (χ0v) is 7.54. The molecule has 1 radical (unpaired) electrons. The van der Waals surface area contributed by atoms with Crippen molar-refractivity contribution in [3.63, 3.8) is 0 Å². The van der Waals surface area contributed by atoms with Gasteiger partial charge in [0.25, 0.3) is 0 Å². The van der Waals surface area contributed by atoms with E-state index in [-0.39, 0.29) is 15.4 Å². The third-order valence-corrected chi connectivity index (χ3v) is 3.76. The van der Waals surface area contributed by atoms with Gasteiger partial charge in [0, 0.05) is 0 Å². The molecule has 0 bridgehead atoms. The summed E-state index contributed by atoms with van der Waals surface area (Å²) in [5.41, 5.74) is 0. The maximum atomic E-state index is 3.30. The Kier molecular flexibility index (Phi) is 1.74. The van der Waals surface area contributed by atoms with Crippen LogP contribution < -0.4 is 0 Å². The van der Waals surface area contributed by atoms with E-state index < -0.39 is 0 Å². The van der Waals surface area contributed by atoms with Gasteiger partial charge in [-0.15, -0.1) is 0 Å². The molecule has 0 N–H and O–H groups in total. The van der Waals surface area contributed by atoms with E-state index in [2.05, 4.69) is 24.0 Å². The van der Waals surface area contributed by atoms with E-state index in [1.165, 1.54) is 0 Å². The van der Waals surface area contributed by atoms with Crippen LogP contribution >= 0.6 is 0 Å². The first-order valence-corrected chi connectivity index (χ1v) is 7.15. The molecular weight excluding hydrogens is 145 g/mol. The average Bonchev–Trinajstić information content (AvgIpc) is 2.14. The van der Waals surface area contributed by atoms with Gasteiger partial charge in [-0.1, -0.05) is 0 Å². The van der Waals surface area contributed by atoms with Crippen LogP contribution in [0.4, 0.5) is 0 Å². The molecule has 0 aliphatic heterocycles. The summed E-state index contributed by atoms with van der Waals surface area (Å²) in [7, 11) is 0. The average molecular weight is 154 g/mol. The van der Waals surface area contributed by atoms with Gasteiger partial charge >= 0.3 is 50.2 Å². The Labute approximate surface area is 50.8 Å². The summed E-state index contributed by atoms with van der Waals surface area (Å²) < 4.78 is 1.55. The first kappa shape index (κ1) is 5.17. The van der Waals surface area contributed by atoms with E-state index in [0.717, 1.165) is 6.42 Å². The maximum absolute atomic E-state index is 3.30. The van der Waals surface area contributed by atoms with Crippen molar-refractivity contribution in [2.24, 2.45) is 0 Å². The van der Waals surface area contributed by atoms with Gasteiger partial charge in [-0.05, 0) is 0 Å². The molecule has 0 nitrogen and oxygen atoms in total. The summed E-state index contributed by atoms with van der Waals surface area (Å²) in [6, 6.07) is 0. The molecule has 0 atom stereocenters. The Morgan fingerprint density at radius 1 is 1.86 bits per heavy atom. The van der Waals surface area contributed by atoms with Crippen LogP contribution in [-0.2, 0) is 0 Å². The fourth-order valence-corrected chi connectivity index (χ4v) is 2.36. The molecule has 0 amide bonds. The van der Waals surface area contributed by atoms with Crippen LogP contribution in [0.3, 0.4) is 0 Å². The molecule has 0 aromatic carbocycles. The van der Waals surface area contributed by atoms with Crippen molar-refractivity contribution in [1.29, 1.82) is 0 Å². The minimum atomic E-state index is -0.250. The topological polar surface area (TPSA) is 0 Å². The van der Waals surface area contributed by atoms with Crippen molar-refractivity contribution < 1.29 is 0 Å². The van der Waals surface area contributed by atoms with Crippen molar-refractivity contribution in [3.8, 4) is 0 Å². The van der Waals surface area contributed by atoms with Gasteiger partial charge < -0.3 is 0 Å². The second kappa shape index (κ2) is 2.36. The third-order valence-electron chi connectivity index (χ3n) is 1.15. The first-order chi connectivity index (χ1) is 3.43. The van der Waals surface area contributed by atoms with Gasteiger partial charge in [-0.25, -0.2) is 0 Å². The summed E-state index contributed by atoms with van der Waals surface area (Å²) in [4.78, 5) is 0. The van der Waals surface area contributed by atoms with E-state index in [4.69, 9.17) is 0 Å². The predicted octanol–water partition coefficient (Wildman–Crippen LogP) is 0.850. The van der Waals surface area contributed by atoms with Crippen LogP contribution in [0.2, 0.25) is 5.76 Å². The van der Waals surface area contributed by atoms with Crippen LogP contribution in [-0.4, -0.2) is 15.4 Å².